The van der Waals surface area contributed by atoms with Crippen LogP contribution in [0.3, 0.4) is 0 Å². The van der Waals surface area contributed by atoms with Gasteiger partial charge in [-0.1, -0.05) is 35.9 Å². The Balaban J connectivity index is 1.79. The molecule has 3 nitrogen and oxygen atoms in total. The molecule has 2 aromatic carbocycles. The van der Waals surface area contributed by atoms with Crippen LogP contribution in [0.2, 0.25) is 5.02 Å². The van der Waals surface area contributed by atoms with Crippen LogP contribution in [0.5, 0.6) is 0 Å². The molecule has 0 aromatic heterocycles. The van der Waals surface area contributed by atoms with Gasteiger partial charge in [-0.15, -0.1) is 0 Å². The molecule has 1 unspecified atom stereocenters. The number of piperazine rings is 1. The molecule has 0 spiro atoms. The smallest absolute Gasteiger partial charge is 0.227 e. The van der Waals surface area contributed by atoms with E-state index in [1.165, 1.54) is 12.1 Å². The second kappa shape index (κ2) is 7.11. The lowest BCUT2D eigenvalue weighted by molar-refractivity contribution is -0.133. The second-order valence-electron chi connectivity index (χ2n) is 5.67. The van der Waals surface area contributed by atoms with E-state index in [2.05, 4.69) is 5.32 Å². The number of nitrogens with one attached hydrogen (secondary N) is 1. The Morgan fingerprint density at radius 3 is 2.87 bits per heavy atom. The van der Waals surface area contributed by atoms with Crippen molar-refractivity contribution in [2.75, 3.05) is 19.6 Å². The van der Waals surface area contributed by atoms with Gasteiger partial charge >= 0.3 is 0 Å². The predicted octanol–water partition coefficient (Wildman–Crippen LogP) is 3.19. The van der Waals surface area contributed by atoms with Crippen LogP contribution in [0.15, 0.2) is 48.5 Å². The Hall–Kier alpha value is -1.91. The predicted molar refractivity (Wildman–Crippen MR) is 88.9 cm³/mol. The minimum absolute atomic E-state index is 0.0306. The summed E-state index contributed by atoms with van der Waals surface area (Å²) < 4.78 is 13.5. The van der Waals surface area contributed by atoms with Crippen LogP contribution in [0.1, 0.15) is 17.2 Å². The zero-order valence-corrected chi connectivity index (χ0v) is 13.4. The topological polar surface area (TPSA) is 32.3 Å². The highest BCUT2D eigenvalue weighted by molar-refractivity contribution is 6.30. The molecular weight excluding hydrogens is 315 g/mol. The van der Waals surface area contributed by atoms with E-state index in [1.807, 2.05) is 23.1 Å². The number of hydrogen-bond donors (Lipinski definition) is 1. The molecule has 2 aromatic rings. The number of nitrogens with zero attached hydrogens (tertiary/aromatic N) is 1. The number of benzene rings is 2. The number of rotatable bonds is 3. The highest BCUT2D eigenvalue weighted by Gasteiger charge is 2.27. The number of amides is 1. The lowest BCUT2D eigenvalue weighted by atomic mass is 10.0. The van der Waals surface area contributed by atoms with Gasteiger partial charge in [-0.3, -0.25) is 4.79 Å². The molecule has 1 amide bonds. The monoisotopic (exact) mass is 332 g/mol. The molecular formula is C18H18ClFN2O. The molecule has 1 aliphatic heterocycles. The fraction of sp³-hybridized carbons (Fsp3) is 0.278. The Labute approximate surface area is 140 Å². The van der Waals surface area contributed by atoms with Crippen LogP contribution < -0.4 is 5.32 Å². The van der Waals surface area contributed by atoms with Crippen LogP contribution in [0.25, 0.3) is 0 Å². The summed E-state index contributed by atoms with van der Waals surface area (Å²) in [4.78, 5) is 14.5. The first-order valence-corrected chi connectivity index (χ1v) is 8.01. The fourth-order valence-electron chi connectivity index (χ4n) is 2.94. The van der Waals surface area contributed by atoms with Crippen molar-refractivity contribution in [3.63, 3.8) is 0 Å². The summed E-state index contributed by atoms with van der Waals surface area (Å²) in [5, 5.41) is 3.90. The quantitative estimate of drug-likeness (QED) is 0.936. The molecule has 3 rings (SSSR count). The first-order valence-electron chi connectivity index (χ1n) is 7.63. The van der Waals surface area contributed by atoms with Gasteiger partial charge in [0.1, 0.15) is 5.82 Å². The van der Waals surface area contributed by atoms with Gasteiger partial charge in [0.2, 0.25) is 5.91 Å². The lowest BCUT2D eigenvalue weighted by Crippen LogP contribution is -2.49. The summed E-state index contributed by atoms with van der Waals surface area (Å²) in [7, 11) is 0. The summed E-state index contributed by atoms with van der Waals surface area (Å²) in [6.45, 7) is 1.98. The molecule has 1 aliphatic rings. The molecule has 0 saturated carbocycles. The normalized spacial score (nSPS) is 18.0. The van der Waals surface area contributed by atoms with Gasteiger partial charge in [0.25, 0.3) is 0 Å². The third kappa shape index (κ3) is 3.89. The Kier molecular flexibility index (Phi) is 4.94. The SMILES string of the molecule is O=C(Cc1cccc(Cl)c1)N1CCNCC1c1cccc(F)c1. The van der Waals surface area contributed by atoms with Crippen molar-refractivity contribution in [1.29, 1.82) is 0 Å². The van der Waals surface area contributed by atoms with Crippen molar-refractivity contribution < 1.29 is 9.18 Å². The van der Waals surface area contributed by atoms with Crippen molar-refractivity contribution in [3.05, 3.63) is 70.5 Å². The van der Waals surface area contributed by atoms with E-state index in [1.54, 1.807) is 18.2 Å². The molecule has 1 heterocycles. The zero-order valence-electron chi connectivity index (χ0n) is 12.6. The molecule has 0 aliphatic carbocycles. The molecule has 0 radical (unpaired) electrons. The Bertz CT molecular complexity index is 707. The summed E-state index contributed by atoms with van der Waals surface area (Å²) >= 11 is 5.98. The standard InChI is InChI=1S/C18H18ClFN2O/c19-15-5-1-3-13(9-15)10-18(23)22-8-7-21-12-17(22)14-4-2-6-16(20)11-14/h1-6,9,11,17,21H,7-8,10,12H2. The first-order chi connectivity index (χ1) is 11.1. The maximum absolute atomic E-state index is 13.5. The summed E-state index contributed by atoms with van der Waals surface area (Å²) in [6, 6.07) is 13.6. The molecule has 1 atom stereocenters. The maximum atomic E-state index is 13.5. The molecule has 120 valence electrons. The summed E-state index contributed by atoms with van der Waals surface area (Å²) in [5.41, 5.74) is 1.70. The average Bonchev–Trinajstić information content (AvgIpc) is 2.55. The molecule has 1 saturated heterocycles. The van der Waals surface area contributed by atoms with Gasteiger partial charge in [-0.25, -0.2) is 4.39 Å². The van der Waals surface area contributed by atoms with Gasteiger partial charge in [-0.2, -0.15) is 0 Å². The van der Waals surface area contributed by atoms with E-state index >= 15 is 0 Å². The van der Waals surface area contributed by atoms with E-state index in [0.29, 0.717) is 24.5 Å². The van der Waals surface area contributed by atoms with Gasteiger partial charge in [0, 0.05) is 24.7 Å². The summed E-state index contributed by atoms with van der Waals surface area (Å²) in [5.74, 6) is -0.252. The highest BCUT2D eigenvalue weighted by Crippen LogP contribution is 2.24. The second-order valence-corrected chi connectivity index (χ2v) is 6.11. The fourth-order valence-corrected chi connectivity index (χ4v) is 3.15. The Morgan fingerprint density at radius 2 is 2.09 bits per heavy atom. The minimum atomic E-state index is -0.282. The number of halogens is 2. The molecule has 1 N–H and O–H groups in total. The van der Waals surface area contributed by atoms with Crippen molar-refractivity contribution in [2.24, 2.45) is 0 Å². The lowest BCUT2D eigenvalue weighted by Gasteiger charge is -2.36. The number of carbonyl (C=O) groups excluding carboxylic acids is 1. The largest absolute Gasteiger partial charge is 0.333 e. The van der Waals surface area contributed by atoms with Crippen molar-refractivity contribution >= 4 is 17.5 Å². The third-order valence-electron chi connectivity index (χ3n) is 4.04. The molecule has 5 heteroatoms. The summed E-state index contributed by atoms with van der Waals surface area (Å²) in [6.07, 6.45) is 0.298. The molecule has 1 fully saturated rings. The van der Waals surface area contributed by atoms with Crippen LogP contribution in [0.4, 0.5) is 4.39 Å². The molecule has 23 heavy (non-hydrogen) atoms. The van der Waals surface area contributed by atoms with Gasteiger partial charge < -0.3 is 10.2 Å². The van der Waals surface area contributed by atoms with E-state index in [4.69, 9.17) is 11.6 Å². The minimum Gasteiger partial charge on any atom is -0.333 e. The zero-order chi connectivity index (χ0) is 16.2. The van der Waals surface area contributed by atoms with Crippen LogP contribution in [0, 0.1) is 5.82 Å². The first kappa shape index (κ1) is 16.0. The average molecular weight is 333 g/mol. The van der Waals surface area contributed by atoms with Crippen molar-refractivity contribution in [1.82, 2.24) is 10.2 Å². The van der Waals surface area contributed by atoms with E-state index in [-0.39, 0.29) is 17.8 Å². The highest BCUT2D eigenvalue weighted by atomic mass is 35.5. The van der Waals surface area contributed by atoms with Crippen LogP contribution in [-0.2, 0) is 11.2 Å². The van der Waals surface area contributed by atoms with Gasteiger partial charge in [-0.05, 0) is 35.4 Å². The van der Waals surface area contributed by atoms with Crippen molar-refractivity contribution in [2.45, 2.75) is 12.5 Å². The number of carbonyl (C=O) groups is 1. The van der Waals surface area contributed by atoms with E-state index < -0.39 is 0 Å². The molecule has 0 bridgehead atoms. The Morgan fingerprint density at radius 1 is 1.26 bits per heavy atom. The van der Waals surface area contributed by atoms with Crippen molar-refractivity contribution in [3.8, 4) is 0 Å². The maximum Gasteiger partial charge on any atom is 0.227 e. The van der Waals surface area contributed by atoms with E-state index in [0.717, 1.165) is 17.7 Å². The van der Waals surface area contributed by atoms with Crippen LogP contribution >= 0.6 is 11.6 Å². The van der Waals surface area contributed by atoms with E-state index in [9.17, 15) is 9.18 Å². The van der Waals surface area contributed by atoms with Gasteiger partial charge in [0.15, 0.2) is 0 Å². The number of hydrogen-bond acceptors (Lipinski definition) is 2. The van der Waals surface area contributed by atoms with Crippen LogP contribution in [-0.4, -0.2) is 30.4 Å². The third-order valence-corrected chi connectivity index (χ3v) is 4.28. The van der Waals surface area contributed by atoms with Gasteiger partial charge in [0.05, 0.1) is 12.5 Å².